The molecule has 0 aliphatic carbocycles. The van der Waals surface area contributed by atoms with E-state index in [1.165, 1.54) is 17.4 Å². The molecule has 1 amide bonds. The third kappa shape index (κ3) is 3.96. The number of para-hydroxylation sites is 1. The molecule has 0 spiro atoms. The zero-order valence-electron chi connectivity index (χ0n) is 15.0. The maximum absolute atomic E-state index is 14.0. The molecule has 0 bridgehead atoms. The first-order valence-corrected chi connectivity index (χ1v) is 9.47. The summed E-state index contributed by atoms with van der Waals surface area (Å²) in [6, 6.07) is 6.84. The molecule has 140 valence electrons. The first-order valence-electron chi connectivity index (χ1n) is 8.65. The summed E-state index contributed by atoms with van der Waals surface area (Å²) in [6.45, 7) is 5.62. The largest absolute Gasteiger partial charge is 0.378 e. The molecule has 0 saturated carbocycles. The lowest BCUT2D eigenvalue weighted by Gasteiger charge is -2.36. The van der Waals surface area contributed by atoms with Crippen LogP contribution in [-0.2, 0) is 11.3 Å². The highest BCUT2D eigenvalue weighted by molar-refractivity contribution is 7.17. The number of piperazine rings is 1. The van der Waals surface area contributed by atoms with Crippen molar-refractivity contribution in [3.05, 3.63) is 40.7 Å². The average Bonchev–Trinajstić information content (AvgIpc) is 3.07. The zero-order valence-corrected chi connectivity index (χ0v) is 15.8. The molecule has 1 N–H and O–H groups in total. The molecule has 8 heteroatoms. The van der Waals surface area contributed by atoms with Gasteiger partial charge in [-0.15, -0.1) is 0 Å². The first kappa shape index (κ1) is 18.6. The van der Waals surface area contributed by atoms with Gasteiger partial charge in [0.25, 0.3) is 5.91 Å². The Labute approximate surface area is 156 Å². The van der Waals surface area contributed by atoms with E-state index in [0.29, 0.717) is 42.5 Å². The van der Waals surface area contributed by atoms with Crippen LogP contribution in [0.5, 0.6) is 0 Å². The van der Waals surface area contributed by atoms with Crippen molar-refractivity contribution in [1.29, 1.82) is 0 Å². The van der Waals surface area contributed by atoms with Crippen molar-refractivity contribution < 1.29 is 13.9 Å². The lowest BCUT2D eigenvalue weighted by molar-refractivity contribution is 0.0954. The van der Waals surface area contributed by atoms with Crippen LogP contribution in [0.4, 0.5) is 15.2 Å². The molecule has 6 nitrogen and oxygen atoms in total. The molecule has 0 radical (unpaired) electrons. The van der Waals surface area contributed by atoms with Crippen LogP contribution in [0.2, 0.25) is 0 Å². The molecule has 26 heavy (non-hydrogen) atoms. The highest BCUT2D eigenvalue weighted by Gasteiger charge is 2.24. The van der Waals surface area contributed by atoms with Crippen molar-refractivity contribution >= 4 is 28.1 Å². The molecule has 2 aromatic rings. The van der Waals surface area contributed by atoms with Crippen LogP contribution < -0.4 is 15.1 Å². The molecule has 1 fully saturated rings. The number of ether oxygens (including phenoxy) is 1. The minimum atomic E-state index is -0.198. The highest BCUT2D eigenvalue weighted by Crippen LogP contribution is 2.29. The minimum absolute atomic E-state index is 0.117. The maximum atomic E-state index is 14.0. The highest BCUT2D eigenvalue weighted by atomic mass is 32.1. The van der Waals surface area contributed by atoms with E-state index >= 15 is 0 Å². The molecule has 1 aliphatic heterocycles. The van der Waals surface area contributed by atoms with Gasteiger partial charge < -0.3 is 19.9 Å². The monoisotopic (exact) mass is 378 g/mol. The number of benzene rings is 1. The Morgan fingerprint density at radius 3 is 2.62 bits per heavy atom. The van der Waals surface area contributed by atoms with Crippen LogP contribution in [0.1, 0.15) is 22.3 Å². The van der Waals surface area contributed by atoms with Gasteiger partial charge in [-0.3, -0.25) is 4.79 Å². The van der Waals surface area contributed by atoms with E-state index in [-0.39, 0.29) is 11.7 Å². The van der Waals surface area contributed by atoms with Gasteiger partial charge in [0.05, 0.1) is 18.0 Å². The molecule has 3 rings (SSSR count). The summed E-state index contributed by atoms with van der Waals surface area (Å²) in [7, 11) is 1.59. The normalized spacial score (nSPS) is 14.6. The van der Waals surface area contributed by atoms with E-state index < -0.39 is 0 Å². The molecule has 1 aromatic heterocycles. The topological polar surface area (TPSA) is 57.7 Å². The van der Waals surface area contributed by atoms with Crippen LogP contribution >= 0.6 is 11.3 Å². The van der Waals surface area contributed by atoms with Crippen molar-refractivity contribution in [2.45, 2.75) is 13.5 Å². The molecule has 0 atom stereocenters. The van der Waals surface area contributed by atoms with Gasteiger partial charge in [0.15, 0.2) is 5.13 Å². The van der Waals surface area contributed by atoms with Crippen LogP contribution in [0.25, 0.3) is 0 Å². The summed E-state index contributed by atoms with van der Waals surface area (Å²) in [6.07, 6.45) is 0. The number of thiazole rings is 1. The average molecular weight is 378 g/mol. The first-order chi connectivity index (χ1) is 12.6. The van der Waals surface area contributed by atoms with Crippen molar-refractivity contribution in [3.63, 3.8) is 0 Å². The third-order valence-corrected chi connectivity index (χ3v) is 5.41. The predicted molar refractivity (Wildman–Crippen MR) is 102 cm³/mol. The van der Waals surface area contributed by atoms with Crippen LogP contribution in [0.15, 0.2) is 24.3 Å². The molecule has 0 unspecified atom stereocenters. The molecular formula is C18H23FN4O2S. The number of aromatic nitrogens is 1. The summed E-state index contributed by atoms with van der Waals surface area (Å²) in [4.78, 5) is 21.6. The van der Waals surface area contributed by atoms with Gasteiger partial charge in [0.2, 0.25) is 0 Å². The van der Waals surface area contributed by atoms with Crippen molar-refractivity contribution in [2.75, 3.05) is 49.6 Å². The van der Waals surface area contributed by atoms with Gasteiger partial charge in [-0.05, 0) is 19.1 Å². The fourth-order valence-electron chi connectivity index (χ4n) is 2.97. The second-order valence-electron chi connectivity index (χ2n) is 5.99. The quantitative estimate of drug-likeness (QED) is 0.837. The number of carbonyl (C=O) groups excluding carboxylic acids is 1. The smallest absolute Gasteiger partial charge is 0.263 e. The molecule has 1 aliphatic rings. The van der Waals surface area contributed by atoms with E-state index in [1.54, 1.807) is 19.2 Å². The number of anilines is 2. The van der Waals surface area contributed by atoms with Gasteiger partial charge in [-0.2, -0.15) is 0 Å². The maximum Gasteiger partial charge on any atom is 0.263 e. The van der Waals surface area contributed by atoms with Crippen LogP contribution in [-0.4, -0.2) is 50.7 Å². The number of amides is 1. The van der Waals surface area contributed by atoms with E-state index in [1.807, 2.05) is 17.9 Å². The summed E-state index contributed by atoms with van der Waals surface area (Å²) >= 11 is 1.38. The summed E-state index contributed by atoms with van der Waals surface area (Å²) < 4.78 is 19.2. The Kier molecular flexibility index (Phi) is 6.05. The number of halogens is 1. The van der Waals surface area contributed by atoms with E-state index in [2.05, 4.69) is 15.2 Å². The Morgan fingerprint density at radius 2 is 1.96 bits per heavy atom. The predicted octanol–water partition coefficient (Wildman–Crippen LogP) is 2.50. The van der Waals surface area contributed by atoms with E-state index in [4.69, 9.17) is 4.74 Å². The number of nitrogens with one attached hydrogen (secondary N) is 1. The number of hydrogen-bond acceptors (Lipinski definition) is 6. The lowest BCUT2D eigenvalue weighted by atomic mass is 10.2. The lowest BCUT2D eigenvalue weighted by Crippen LogP contribution is -2.46. The molecule has 1 aromatic carbocycles. The third-order valence-electron chi connectivity index (χ3n) is 4.25. The summed E-state index contributed by atoms with van der Waals surface area (Å²) in [5, 5.41) is 3.63. The van der Waals surface area contributed by atoms with Gasteiger partial charge in [0.1, 0.15) is 10.7 Å². The Balaban J connectivity index is 1.72. The van der Waals surface area contributed by atoms with Crippen LogP contribution in [0.3, 0.4) is 0 Å². The number of nitrogens with zero attached hydrogens (tertiary/aromatic N) is 3. The number of hydrogen-bond donors (Lipinski definition) is 1. The standard InChI is InChI=1S/C18H23FN4O2S/c1-3-20-17(24)16-14(12-25-2)21-18(26-16)23-10-8-22(9-11-23)15-7-5-4-6-13(15)19/h4-7H,3,8-12H2,1-2H3,(H,20,24). The number of methoxy groups -OCH3 is 1. The Morgan fingerprint density at radius 1 is 1.27 bits per heavy atom. The van der Waals surface area contributed by atoms with Gasteiger partial charge in [-0.1, -0.05) is 23.5 Å². The van der Waals surface area contributed by atoms with Gasteiger partial charge in [-0.25, -0.2) is 9.37 Å². The minimum Gasteiger partial charge on any atom is -0.378 e. The van der Waals surface area contributed by atoms with Gasteiger partial charge in [0, 0.05) is 39.8 Å². The molecular weight excluding hydrogens is 355 g/mol. The van der Waals surface area contributed by atoms with Crippen molar-refractivity contribution in [2.24, 2.45) is 0 Å². The summed E-state index contributed by atoms with van der Waals surface area (Å²) in [5.74, 6) is -0.315. The van der Waals surface area contributed by atoms with Crippen LogP contribution in [0, 0.1) is 5.82 Å². The molecule has 1 saturated heterocycles. The second-order valence-corrected chi connectivity index (χ2v) is 6.97. The van der Waals surface area contributed by atoms with Crippen molar-refractivity contribution in [1.82, 2.24) is 10.3 Å². The van der Waals surface area contributed by atoms with Crippen molar-refractivity contribution in [3.8, 4) is 0 Å². The Bertz CT molecular complexity index is 759. The van der Waals surface area contributed by atoms with E-state index in [0.717, 1.165) is 18.2 Å². The van der Waals surface area contributed by atoms with Gasteiger partial charge >= 0.3 is 0 Å². The SMILES string of the molecule is CCNC(=O)c1sc(N2CCN(c3ccccc3F)CC2)nc1COC. The fraction of sp³-hybridized carbons (Fsp3) is 0.444. The van der Waals surface area contributed by atoms with E-state index in [9.17, 15) is 9.18 Å². The second kappa shape index (κ2) is 8.46. The summed E-state index contributed by atoms with van der Waals surface area (Å²) in [5.41, 5.74) is 1.30. The number of rotatable bonds is 6. The zero-order chi connectivity index (χ0) is 18.5. The number of carbonyl (C=O) groups is 1. The fourth-order valence-corrected chi connectivity index (χ4v) is 4.01. The Hall–Kier alpha value is -2.19. The molecule has 2 heterocycles.